The highest BCUT2D eigenvalue weighted by Crippen LogP contribution is 2.09. The SMILES string of the molecule is CN(CC(=O)NC(C)(C)C)C(=O)c1cc(Cl)ccn1. The van der Waals surface area contributed by atoms with E-state index in [2.05, 4.69) is 10.3 Å². The molecule has 0 bridgehead atoms. The van der Waals surface area contributed by atoms with Crippen LogP contribution in [0.1, 0.15) is 31.3 Å². The summed E-state index contributed by atoms with van der Waals surface area (Å²) in [6.07, 6.45) is 1.46. The average molecular weight is 284 g/mol. The van der Waals surface area contributed by atoms with Gasteiger partial charge in [0.2, 0.25) is 5.91 Å². The first kappa shape index (κ1) is 15.4. The van der Waals surface area contributed by atoms with Crippen molar-refractivity contribution in [2.75, 3.05) is 13.6 Å². The number of halogens is 1. The number of pyridine rings is 1. The van der Waals surface area contributed by atoms with Gasteiger partial charge >= 0.3 is 0 Å². The van der Waals surface area contributed by atoms with Crippen LogP contribution in [0.4, 0.5) is 0 Å². The Hall–Kier alpha value is -1.62. The quantitative estimate of drug-likeness (QED) is 0.919. The molecule has 19 heavy (non-hydrogen) atoms. The van der Waals surface area contributed by atoms with Crippen molar-refractivity contribution in [2.45, 2.75) is 26.3 Å². The van der Waals surface area contributed by atoms with Crippen LogP contribution in [0.25, 0.3) is 0 Å². The van der Waals surface area contributed by atoms with Gasteiger partial charge in [0.15, 0.2) is 0 Å². The Kier molecular flexibility index (Phi) is 4.89. The van der Waals surface area contributed by atoms with Gasteiger partial charge in [-0.05, 0) is 32.9 Å². The molecule has 0 unspecified atom stereocenters. The standard InChI is InChI=1S/C13H18ClN3O2/c1-13(2,3)16-11(18)8-17(4)12(19)10-7-9(14)5-6-15-10/h5-7H,8H2,1-4H3,(H,16,18). The molecule has 1 heterocycles. The smallest absolute Gasteiger partial charge is 0.272 e. The highest BCUT2D eigenvalue weighted by molar-refractivity contribution is 6.30. The first-order chi connectivity index (χ1) is 8.69. The van der Waals surface area contributed by atoms with Crippen LogP contribution in [0.15, 0.2) is 18.3 Å². The van der Waals surface area contributed by atoms with Crippen molar-refractivity contribution in [3.8, 4) is 0 Å². The molecule has 1 rings (SSSR count). The Morgan fingerprint density at radius 2 is 2.05 bits per heavy atom. The molecule has 0 aliphatic rings. The van der Waals surface area contributed by atoms with E-state index in [0.717, 1.165) is 0 Å². The van der Waals surface area contributed by atoms with Crippen molar-refractivity contribution in [2.24, 2.45) is 0 Å². The van der Waals surface area contributed by atoms with Gasteiger partial charge < -0.3 is 10.2 Å². The molecule has 0 aliphatic heterocycles. The topological polar surface area (TPSA) is 62.3 Å². The highest BCUT2D eigenvalue weighted by Gasteiger charge is 2.19. The van der Waals surface area contributed by atoms with Crippen LogP contribution < -0.4 is 5.32 Å². The largest absolute Gasteiger partial charge is 0.350 e. The van der Waals surface area contributed by atoms with Gasteiger partial charge in [-0.15, -0.1) is 0 Å². The second-order valence-electron chi connectivity index (χ2n) is 5.32. The monoisotopic (exact) mass is 283 g/mol. The van der Waals surface area contributed by atoms with Crippen molar-refractivity contribution < 1.29 is 9.59 Å². The summed E-state index contributed by atoms with van der Waals surface area (Å²) in [5.41, 5.74) is -0.103. The molecule has 0 atom stereocenters. The summed E-state index contributed by atoms with van der Waals surface area (Å²) in [5.74, 6) is -0.558. The number of hydrogen-bond acceptors (Lipinski definition) is 3. The van der Waals surface area contributed by atoms with Crippen LogP contribution in [0.3, 0.4) is 0 Å². The molecule has 1 aromatic heterocycles. The Morgan fingerprint density at radius 3 is 2.58 bits per heavy atom. The zero-order chi connectivity index (χ0) is 14.6. The molecule has 0 radical (unpaired) electrons. The minimum atomic E-state index is -0.341. The summed E-state index contributed by atoms with van der Waals surface area (Å²) >= 11 is 5.80. The molecule has 1 N–H and O–H groups in total. The predicted molar refractivity (Wildman–Crippen MR) is 74.1 cm³/mol. The van der Waals surface area contributed by atoms with Crippen molar-refractivity contribution >= 4 is 23.4 Å². The zero-order valence-electron chi connectivity index (χ0n) is 11.5. The van der Waals surface area contributed by atoms with E-state index in [1.54, 1.807) is 13.1 Å². The normalized spacial score (nSPS) is 11.0. The van der Waals surface area contributed by atoms with Crippen LogP contribution >= 0.6 is 11.6 Å². The summed E-state index contributed by atoms with van der Waals surface area (Å²) in [7, 11) is 1.55. The molecular formula is C13H18ClN3O2. The maximum atomic E-state index is 12.0. The molecule has 2 amide bonds. The lowest BCUT2D eigenvalue weighted by atomic mass is 10.1. The van der Waals surface area contributed by atoms with Crippen LogP contribution in [-0.4, -0.2) is 40.8 Å². The molecule has 6 heteroatoms. The molecule has 104 valence electrons. The molecule has 5 nitrogen and oxygen atoms in total. The van der Waals surface area contributed by atoms with E-state index >= 15 is 0 Å². The minimum Gasteiger partial charge on any atom is -0.350 e. The van der Waals surface area contributed by atoms with Crippen molar-refractivity contribution in [1.29, 1.82) is 0 Å². The van der Waals surface area contributed by atoms with Gasteiger partial charge in [0.1, 0.15) is 5.69 Å². The molecule has 0 aliphatic carbocycles. The summed E-state index contributed by atoms with van der Waals surface area (Å²) in [6.45, 7) is 5.62. The average Bonchev–Trinajstić information content (AvgIpc) is 2.25. The van der Waals surface area contributed by atoms with E-state index in [4.69, 9.17) is 11.6 Å². The number of rotatable bonds is 3. The van der Waals surface area contributed by atoms with E-state index in [-0.39, 0.29) is 29.6 Å². The molecule has 0 saturated carbocycles. The lowest BCUT2D eigenvalue weighted by molar-refractivity contribution is -0.122. The van der Waals surface area contributed by atoms with Crippen LogP contribution in [0.2, 0.25) is 5.02 Å². The third-order valence-corrected chi connectivity index (χ3v) is 2.42. The van der Waals surface area contributed by atoms with Crippen molar-refractivity contribution in [1.82, 2.24) is 15.2 Å². The number of likely N-dealkylation sites (N-methyl/N-ethyl adjacent to an activating group) is 1. The van der Waals surface area contributed by atoms with E-state index in [9.17, 15) is 9.59 Å². The lowest BCUT2D eigenvalue weighted by Crippen LogP contribution is -2.46. The van der Waals surface area contributed by atoms with E-state index in [1.165, 1.54) is 17.2 Å². The number of nitrogens with one attached hydrogen (secondary N) is 1. The van der Waals surface area contributed by atoms with Gasteiger partial charge in [-0.2, -0.15) is 0 Å². The van der Waals surface area contributed by atoms with Gasteiger partial charge in [0.25, 0.3) is 5.91 Å². The third-order valence-electron chi connectivity index (χ3n) is 2.18. The first-order valence-electron chi connectivity index (χ1n) is 5.87. The Labute approximate surface area is 118 Å². The lowest BCUT2D eigenvalue weighted by Gasteiger charge is -2.23. The number of nitrogens with zero attached hydrogens (tertiary/aromatic N) is 2. The fraction of sp³-hybridized carbons (Fsp3) is 0.462. The Bertz CT molecular complexity index is 483. The first-order valence-corrected chi connectivity index (χ1v) is 6.25. The molecule has 1 aromatic rings. The predicted octanol–water partition coefficient (Wildman–Crippen LogP) is 1.72. The maximum Gasteiger partial charge on any atom is 0.272 e. The second-order valence-corrected chi connectivity index (χ2v) is 5.76. The summed E-state index contributed by atoms with van der Waals surface area (Å²) in [5, 5.41) is 3.22. The van der Waals surface area contributed by atoms with Crippen molar-refractivity contribution in [3.63, 3.8) is 0 Å². The van der Waals surface area contributed by atoms with E-state index < -0.39 is 0 Å². The van der Waals surface area contributed by atoms with Gasteiger partial charge in [-0.1, -0.05) is 11.6 Å². The summed E-state index contributed by atoms with van der Waals surface area (Å²) in [4.78, 5) is 29.0. The fourth-order valence-corrected chi connectivity index (χ4v) is 1.62. The third kappa shape index (κ3) is 5.26. The van der Waals surface area contributed by atoms with Crippen LogP contribution in [0.5, 0.6) is 0 Å². The number of amides is 2. The van der Waals surface area contributed by atoms with Crippen LogP contribution in [0, 0.1) is 0 Å². The summed E-state index contributed by atoms with van der Waals surface area (Å²) < 4.78 is 0. The van der Waals surface area contributed by atoms with Gasteiger partial charge in [0, 0.05) is 23.8 Å². The van der Waals surface area contributed by atoms with E-state index in [1.807, 2.05) is 20.8 Å². The van der Waals surface area contributed by atoms with Gasteiger partial charge in [-0.3, -0.25) is 14.6 Å². The Morgan fingerprint density at radius 1 is 1.42 bits per heavy atom. The van der Waals surface area contributed by atoms with Crippen LogP contribution in [-0.2, 0) is 4.79 Å². The maximum absolute atomic E-state index is 12.0. The molecule has 0 saturated heterocycles. The fourth-order valence-electron chi connectivity index (χ4n) is 1.46. The van der Waals surface area contributed by atoms with Crippen molar-refractivity contribution in [3.05, 3.63) is 29.0 Å². The van der Waals surface area contributed by atoms with E-state index in [0.29, 0.717) is 5.02 Å². The number of hydrogen-bond donors (Lipinski definition) is 1. The van der Waals surface area contributed by atoms with Gasteiger partial charge in [0.05, 0.1) is 6.54 Å². The number of aromatic nitrogens is 1. The highest BCUT2D eigenvalue weighted by atomic mass is 35.5. The number of carbonyl (C=O) groups excluding carboxylic acids is 2. The number of carbonyl (C=O) groups is 2. The summed E-state index contributed by atoms with van der Waals surface area (Å²) in [6, 6.07) is 3.06. The molecule has 0 spiro atoms. The molecule has 0 aromatic carbocycles. The molecular weight excluding hydrogens is 266 g/mol. The Balaban J connectivity index is 2.66. The zero-order valence-corrected chi connectivity index (χ0v) is 12.3. The molecule has 0 fully saturated rings. The second kappa shape index (κ2) is 6.02. The minimum absolute atomic E-state index is 0.0235. The van der Waals surface area contributed by atoms with Gasteiger partial charge in [-0.25, -0.2) is 0 Å².